The van der Waals surface area contributed by atoms with E-state index >= 15 is 0 Å². The van der Waals surface area contributed by atoms with E-state index in [0.717, 1.165) is 55.6 Å². The second kappa shape index (κ2) is 7.36. The summed E-state index contributed by atoms with van der Waals surface area (Å²) in [5.41, 5.74) is 0.396. The monoisotopic (exact) mass is 413 g/mol. The normalized spacial score (nSPS) is 32.9. The van der Waals surface area contributed by atoms with Crippen LogP contribution in [0.5, 0.6) is 0 Å². The molecule has 2 saturated heterocycles. The standard InChI is InChI=1S/C22H28N4O2S/c1-15-9-11-22(12-10-15)20(27)26(21(28)24-22)14-25-13-5-4-7-17(25)19-23-16-6-2-3-8-18(16)29-19/h2-3,6,8,15,17H,4-5,7,9-14H2,1H3,(H,24,28)/p+1/t15?,17-,22?/m0/s1. The van der Waals surface area contributed by atoms with Crippen LogP contribution in [-0.2, 0) is 4.79 Å². The number of aromatic nitrogens is 1. The fourth-order valence-electron chi connectivity index (χ4n) is 5.22. The maximum Gasteiger partial charge on any atom is 0.329 e. The van der Waals surface area contributed by atoms with Gasteiger partial charge in [0, 0.05) is 6.42 Å². The number of piperidine rings is 1. The van der Waals surface area contributed by atoms with Crippen LogP contribution in [-0.4, -0.2) is 40.6 Å². The van der Waals surface area contributed by atoms with E-state index in [9.17, 15) is 9.59 Å². The van der Waals surface area contributed by atoms with E-state index in [1.165, 1.54) is 20.9 Å². The lowest BCUT2D eigenvalue weighted by Gasteiger charge is -2.35. The van der Waals surface area contributed by atoms with Gasteiger partial charge in [-0.1, -0.05) is 19.1 Å². The van der Waals surface area contributed by atoms with Gasteiger partial charge in [-0.2, -0.15) is 0 Å². The summed E-state index contributed by atoms with van der Waals surface area (Å²) in [5, 5.41) is 4.20. The SMILES string of the molecule is CC1CCC2(CC1)NC(=O)N(C[NH+]1CCCC[C@H]1c1nc3ccccc3s1)C2=O. The van der Waals surface area contributed by atoms with Crippen LogP contribution in [0.3, 0.4) is 0 Å². The predicted octanol–water partition coefficient (Wildman–Crippen LogP) is 2.86. The van der Waals surface area contributed by atoms with Gasteiger partial charge in [0.25, 0.3) is 5.91 Å². The number of nitrogens with zero attached hydrogens (tertiary/aromatic N) is 2. The van der Waals surface area contributed by atoms with Crippen LogP contribution in [0.1, 0.15) is 62.9 Å². The Balaban J connectivity index is 1.36. The quantitative estimate of drug-likeness (QED) is 0.761. The van der Waals surface area contributed by atoms with Gasteiger partial charge in [0.15, 0.2) is 11.7 Å². The number of thiazole rings is 1. The number of imide groups is 1. The van der Waals surface area contributed by atoms with Crippen molar-refractivity contribution in [3.63, 3.8) is 0 Å². The van der Waals surface area contributed by atoms with Gasteiger partial charge >= 0.3 is 6.03 Å². The van der Waals surface area contributed by atoms with Crippen molar-refractivity contribution in [2.45, 2.75) is 63.5 Å². The highest BCUT2D eigenvalue weighted by Crippen LogP contribution is 2.36. The van der Waals surface area contributed by atoms with Crippen LogP contribution in [0.2, 0.25) is 0 Å². The smallest absolute Gasteiger partial charge is 0.323 e. The van der Waals surface area contributed by atoms with Crippen molar-refractivity contribution < 1.29 is 14.5 Å². The van der Waals surface area contributed by atoms with Crippen LogP contribution in [0.15, 0.2) is 24.3 Å². The minimum Gasteiger partial charge on any atom is -0.323 e. The number of carbonyl (C=O) groups is 2. The number of hydrogen-bond acceptors (Lipinski definition) is 4. The Morgan fingerprint density at radius 2 is 2.00 bits per heavy atom. The van der Waals surface area contributed by atoms with Crippen molar-refractivity contribution in [1.82, 2.24) is 15.2 Å². The number of quaternary nitrogens is 1. The number of fused-ring (bicyclic) bond motifs is 1. The first kappa shape index (κ1) is 19.0. The molecule has 0 bridgehead atoms. The Labute approximate surface area is 175 Å². The molecule has 2 aliphatic heterocycles. The zero-order valence-electron chi connectivity index (χ0n) is 16.9. The summed E-state index contributed by atoms with van der Waals surface area (Å²) in [6.07, 6.45) is 6.91. The molecule has 7 heteroatoms. The molecule has 5 rings (SSSR count). The number of carbonyl (C=O) groups excluding carboxylic acids is 2. The fourth-order valence-corrected chi connectivity index (χ4v) is 6.38. The minimum absolute atomic E-state index is 0.00415. The molecule has 2 atom stereocenters. The summed E-state index contributed by atoms with van der Waals surface area (Å²) in [4.78, 5) is 33.7. The average molecular weight is 414 g/mol. The molecule has 0 radical (unpaired) electrons. The number of benzene rings is 1. The number of rotatable bonds is 3. The highest BCUT2D eigenvalue weighted by atomic mass is 32.1. The maximum atomic E-state index is 13.3. The summed E-state index contributed by atoms with van der Waals surface area (Å²) < 4.78 is 1.21. The molecule has 2 N–H and O–H groups in total. The van der Waals surface area contributed by atoms with Gasteiger partial charge in [0.2, 0.25) is 0 Å². The number of amides is 3. The lowest BCUT2D eigenvalue weighted by atomic mass is 9.77. The molecule has 1 saturated carbocycles. The maximum absolute atomic E-state index is 13.3. The van der Waals surface area contributed by atoms with Gasteiger partial charge in [-0.05, 0) is 56.6 Å². The Bertz CT molecular complexity index is 901. The van der Waals surface area contributed by atoms with Crippen molar-refractivity contribution >= 4 is 33.5 Å². The van der Waals surface area contributed by atoms with Crippen molar-refractivity contribution in [2.24, 2.45) is 5.92 Å². The molecule has 29 heavy (non-hydrogen) atoms. The third-order valence-electron chi connectivity index (χ3n) is 7.08. The van der Waals surface area contributed by atoms with Gasteiger partial charge < -0.3 is 10.2 Å². The minimum atomic E-state index is -0.649. The lowest BCUT2D eigenvalue weighted by Crippen LogP contribution is -3.14. The van der Waals surface area contributed by atoms with E-state index in [-0.39, 0.29) is 18.0 Å². The van der Waals surface area contributed by atoms with Crippen LogP contribution in [0, 0.1) is 5.92 Å². The summed E-state index contributed by atoms with van der Waals surface area (Å²) >= 11 is 1.75. The third-order valence-corrected chi connectivity index (χ3v) is 8.23. The van der Waals surface area contributed by atoms with Crippen molar-refractivity contribution in [1.29, 1.82) is 0 Å². The van der Waals surface area contributed by atoms with Gasteiger partial charge in [-0.15, -0.1) is 11.3 Å². The fraction of sp³-hybridized carbons (Fsp3) is 0.591. The van der Waals surface area contributed by atoms with Gasteiger partial charge in [-0.25, -0.2) is 14.7 Å². The first-order valence-electron chi connectivity index (χ1n) is 10.9. The number of nitrogens with one attached hydrogen (secondary N) is 2. The molecule has 3 aliphatic rings. The van der Waals surface area contributed by atoms with E-state index in [1.807, 2.05) is 12.1 Å². The number of hydrogen-bond donors (Lipinski definition) is 2. The van der Waals surface area contributed by atoms with Crippen LogP contribution in [0.4, 0.5) is 4.79 Å². The van der Waals surface area contributed by atoms with Gasteiger partial charge in [0.1, 0.15) is 11.6 Å². The van der Waals surface area contributed by atoms with E-state index in [1.54, 1.807) is 11.3 Å². The number of urea groups is 1. The molecule has 1 aromatic carbocycles. The highest BCUT2D eigenvalue weighted by molar-refractivity contribution is 7.18. The van der Waals surface area contributed by atoms with Gasteiger partial charge in [-0.3, -0.25) is 4.79 Å². The van der Waals surface area contributed by atoms with Crippen molar-refractivity contribution in [3.8, 4) is 0 Å². The topological polar surface area (TPSA) is 66.7 Å². The Kier molecular flexibility index (Phi) is 4.82. The molecular weight excluding hydrogens is 384 g/mol. The number of para-hydroxylation sites is 1. The predicted molar refractivity (Wildman–Crippen MR) is 113 cm³/mol. The second-order valence-corrected chi connectivity index (χ2v) is 10.1. The average Bonchev–Trinajstić information content (AvgIpc) is 3.26. The van der Waals surface area contributed by atoms with Gasteiger partial charge in [0.05, 0.1) is 16.8 Å². The highest BCUT2D eigenvalue weighted by Gasteiger charge is 2.53. The summed E-state index contributed by atoms with van der Waals surface area (Å²) in [7, 11) is 0. The summed E-state index contributed by atoms with van der Waals surface area (Å²) in [5.74, 6) is 0.631. The molecule has 1 aromatic heterocycles. The van der Waals surface area contributed by atoms with E-state index in [0.29, 0.717) is 12.6 Å². The Hall–Kier alpha value is -1.99. The van der Waals surface area contributed by atoms with E-state index in [2.05, 4.69) is 24.4 Å². The molecule has 3 heterocycles. The summed E-state index contributed by atoms with van der Waals surface area (Å²) in [6, 6.07) is 8.30. The molecule has 1 unspecified atom stereocenters. The molecule has 3 fully saturated rings. The molecule has 1 spiro atoms. The molecule has 2 aromatic rings. The Morgan fingerprint density at radius 1 is 1.21 bits per heavy atom. The zero-order chi connectivity index (χ0) is 20.0. The first-order valence-corrected chi connectivity index (χ1v) is 11.7. The van der Waals surface area contributed by atoms with E-state index in [4.69, 9.17) is 4.98 Å². The largest absolute Gasteiger partial charge is 0.329 e. The third kappa shape index (κ3) is 3.34. The Morgan fingerprint density at radius 3 is 2.79 bits per heavy atom. The molecule has 6 nitrogen and oxygen atoms in total. The lowest BCUT2D eigenvalue weighted by molar-refractivity contribution is -0.943. The van der Waals surface area contributed by atoms with E-state index < -0.39 is 5.54 Å². The van der Waals surface area contributed by atoms with Crippen LogP contribution in [0.25, 0.3) is 10.2 Å². The molecule has 3 amide bonds. The van der Waals surface area contributed by atoms with Crippen LogP contribution < -0.4 is 10.2 Å². The number of likely N-dealkylation sites (tertiary alicyclic amines) is 1. The molecule has 154 valence electrons. The van der Waals surface area contributed by atoms with Crippen molar-refractivity contribution in [3.05, 3.63) is 29.3 Å². The van der Waals surface area contributed by atoms with Crippen molar-refractivity contribution in [2.75, 3.05) is 13.2 Å². The molecule has 1 aliphatic carbocycles. The van der Waals surface area contributed by atoms with Crippen LogP contribution >= 0.6 is 11.3 Å². The molecular formula is C22H29N4O2S+. The first-order chi connectivity index (χ1) is 14.1. The summed E-state index contributed by atoms with van der Waals surface area (Å²) in [6.45, 7) is 3.65. The second-order valence-electron chi connectivity index (χ2n) is 9.06. The zero-order valence-corrected chi connectivity index (χ0v) is 17.8.